The highest BCUT2D eigenvalue weighted by Gasteiger charge is 2.52. The summed E-state index contributed by atoms with van der Waals surface area (Å²) < 4.78 is 0. The van der Waals surface area contributed by atoms with Crippen LogP contribution in [0.5, 0.6) is 0 Å². The number of carbonyl (C=O) groups is 3. The number of benzene rings is 1. The molecule has 0 aliphatic carbocycles. The van der Waals surface area contributed by atoms with E-state index in [4.69, 9.17) is 5.73 Å². The van der Waals surface area contributed by atoms with E-state index in [-0.39, 0.29) is 17.9 Å². The summed E-state index contributed by atoms with van der Waals surface area (Å²) in [6.45, 7) is 7.77. The maximum Gasteiger partial charge on any atom is 0.338 e. The highest BCUT2D eigenvalue weighted by Crippen LogP contribution is 2.25. The summed E-state index contributed by atoms with van der Waals surface area (Å²) in [5.74, 6) is -3.13. The Morgan fingerprint density at radius 2 is 1.53 bits per heavy atom. The topological polar surface area (TPSA) is 101 Å². The number of rotatable bonds is 14. The van der Waals surface area contributed by atoms with Gasteiger partial charge in [0.25, 0.3) is 0 Å². The van der Waals surface area contributed by atoms with Crippen molar-refractivity contribution in [2.45, 2.75) is 58.9 Å². The number of carbonyl (C=O) groups excluding carboxylic acids is 2. The molecule has 186 valence electrons. The molecule has 1 amide bonds. The van der Waals surface area contributed by atoms with E-state index in [2.05, 4.69) is 45.6 Å². The molecule has 1 aromatic rings. The maximum absolute atomic E-state index is 13.3. The molecule has 0 aliphatic rings. The molecule has 0 bridgehead atoms. The molecule has 1 rings (SSSR count). The summed E-state index contributed by atoms with van der Waals surface area (Å²) in [4.78, 5) is 39.5. The number of nitrogens with two attached hydrogens (primary N) is 1. The number of ketones is 1. The zero-order valence-electron chi connectivity index (χ0n) is 20.7. The van der Waals surface area contributed by atoms with Gasteiger partial charge >= 0.3 is 5.97 Å². The van der Waals surface area contributed by atoms with Gasteiger partial charge in [0.1, 0.15) is 0 Å². The van der Waals surface area contributed by atoms with Crippen molar-refractivity contribution in [3.63, 3.8) is 0 Å². The largest absolute Gasteiger partial charge is 0.479 e. The molecule has 0 unspecified atom stereocenters. The van der Waals surface area contributed by atoms with Crippen LogP contribution in [0, 0.1) is 0 Å². The quantitative estimate of drug-likeness (QED) is 0.151. The van der Waals surface area contributed by atoms with E-state index in [0.717, 1.165) is 36.2 Å². The van der Waals surface area contributed by atoms with Gasteiger partial charge in [-0.1, -0.05) is 65.3 Å². The van der Waals surface area contributed by atoms with Crippen LogP contribution in [0.3, 0.4) is 0 Å². The monoisotopic (exact) mass is 486 g/mol. The van der Waals surface area contributed by atoms with Gasteiger partial charge < -0.3 is 15.7 Å². The van der Waals surface area contributed by atoms with Crippen molar-refractivity contribution in [3.8, 4) is 0 Å². The minimum Gasteiger partial charge on any atom is -0.479 e. The fourth-order valence-electron chi connectivity index (χ4n) is 3.55. The van der Waals surface area contributed by atoms with Gasteiger partial charge in [0.15, 0.2) is 0 Å². The van der Waals surface area contributed by atoms with E-state index in [1.54, 1.807) is 24.3 Å². The van der Waals surface area contributed by atoms with Gasteiger partial charge in [-0.25, -0.2) is 4.79 Å². The van der Waals surface area contributed by atoms with E-state index in [1.165, 1.54) is 23.3 Å². The molecule has 6 nitrogen and oxygen atoms in total. The third kappa shape index (κ3) is 8.29. The van der Waals surface area contributed by atoms with Crippen molar-refractivity contribution in [3.05, 3.63) is 70.8 Å². The van der Waals surface area contributed by atoms with Gasteiger partial charge in [0, 0.05) is 17.9 Å². The van der Waals surface area contributed by atoms with Crippen LogP contribution < -0.4 is 5.73 Å². The molecule has 0 aromatic heterocycles. The number of allylic oxidation sites excluding steroid dienone is 5. The number of thiol groups is 1. The normalized spacial score (nSPS) is 13.7. The van der Waals surface area contributed by atoms with E-state index >= 15 is 0 Å². The molecule has 1 atom stereocenters. The summed E-state index contributed by atoms with van der Waals surface area (Å²) in [6.07, 6.45) is 9.85. The van der Waals surface area contributed by atoms with Crippen molar-refractivity contribution in [2.75, 3.05) is 18.8 Å². The molecule has 0 radical (unpaired) electrons. The van der Waals surface area contributed by atoms with E-state index < -0.39 is 29.7 Å². The van der Waals surface area contributed by atoms with Gasteiger partial charge in [-0.15, -0.1) is 0 Å². The molecular formula is C27H38N2O4S. The Labute approximate surface area is 209 Å². The first-order valence-corrected chi connectivity index (χ1v) is 12.1. The minimum atomic E-state index is -2.15. The Kier molecular flexibility index (Phi) is 12.6. The summed E-state index contributed by atoms with van der Waals surface area (Å²) in [5.41, 5.74) is 7.26. The molecule has 0 fully saturated rings. The van der Waals surface area contributed by atoms with Crippen LogP contribution in [0.25, 0.3) is 0 Å². The molecular weight excluding hydrogens is 448 g/mol. The van der Waals surface area contributed by atoms with E-state index in [0.29, 0.717) is 0 Å². The lowest BCUT2D eigenvalue weighted by atomic mass is 9.88. The average molecular weight is 487 g/mol. The third-order valence-corrected chi connectivity index (χ3v) is 6.13. The van der Waals surface area contributed by atoms with Crippen molar-refractivity contribution in [1.82, 2.24) is 4.90 Å². The van der Waals surface area contributed by atoms with Crippen LogP contribution in [-0.4, -0.2) is 52.0 Å². The lowest BCUT2D eigenvalue weighted by Crippen LogP contribution is -2.64. The van der Waals surface area contributed by atoms with Crippen molar-refractivity contribution >= 4 is 30.3 Å². The van der Waals surface area contributed by atoms with Gasteiger partial charge in [-0.05, 0) is 53.4 Å². The first-order chi connectivity index (χ1) is 16.1. The van der Waals surface area contributed by atoms with E-state index in [9.17, 15) is 19.5 Å². The molecule has 0 spiro atoms. The van der Waals surface area contributed by atoms with Crippen molar-refractivity contribution in [1.29, 1.82) is 0 Å². The van der Waals surface area contributed by atoms with Crippen LogP contribution in [0.1, 0.15) is 63.7 Å². The molecule has 34 heavy (non-hydrogen) atoms. The molecule has 1 aromatic carbocycles. The highest BCUT2D eigenvalue weighted by atomic mass is 32.1. The second-order valence-electron chi connectivity index (χ2n) is 8.69. The fraction of sp³-hybridized carbons (Fsp3) is 0.444. The van der Waals surface area contributed by atoms with Gasteiger partial charge in [0.2, 0.25) is 17.2 Å². The predicted octanol–water partition coefficient (Wildman–Crippen LogP) is 4.83. The van der Waals surface area contributed by atoms with Crippen LogP contribution >= 0.6 is 12.6 Å². The summed E-state index contributed by atoms with van der Waals surface area (Å²) in [7, 11) is 0. The van der Waals surface area contributed by atoms with Gasteiger partial charge in [-0.2, -0.15) is 12.6 Å². The van der Waals surface area contributed by atoms with Crippen LogP contribution in [-0.2, 0) is 9.59 Å². The zero-order chi connectivity index (χ0) is 25.7. The zero-order valence-corrected chi connectivity index (χ0v) is 21.6. The minimum absolute atomic E-state index is 0.0451. The molecule has 0 saturated heterocycles. The number of carboxylic acids is 1. The summed E-state index contributed by atoms with van der Waals surface area (Å²) in [5, 5.41) is 10.1. The summed E-state index contributed by atoms with van der Waals surface area (Å²) >= 11 is 4.20. The molecule has 3 N–H and O–H groups in total. The predicted molar refractivity (Wildman–Crippen MR) is 141 cm³/mol. The fourth-order valence-corrected chi connectivity index (χ4v) is 4.00. The Bertz CT molecular complexity index is 933. The van der Waals surface area contributed by atoms with E-state index in [1.807, 2.05) is 6.92 Å². The molecule has 0 aliphatic heterocycles. The molecule has 0 heterocycles. The number of Topliss-reactive ketones (excluding diaryl/α,β-unsaturated/α-hetero) is 1. The number of hydrogen-bond donors (Lipinski definition) is 3. The first kappa shape index (κ1) is 29.4. The highest BCUT2D eigenvalue weighted by molar-refractivity contribution is 7.80. The second kappa shape index (κ2) is 14.6. The van der Waals surface area contributed by atoms with Crippen molar-refractivity contribution < 1.29 is 19.5 Å². The third-order valence-electron chi connectivity index (χ3n) is 5.68. The van der Waals surface area contributed by atoms with Crippen molar-refractivity contribution in [2.24, 2.45) is 5.73 Å². The second-order valence-corrected chi connectivity index (χ2v) is 9.00. The van der Waals surface area contributed by atoms with Crippen LogP contribution in [0.15, 0.2) is 65.3 Å². The summed E-state index contributed by atoms with van der Waals surface area (Å²) in [6, 6.07) is 8.08. The first-order valence-electron chi connectivity index (χ1n) is 11.5. The number of nitrogens with zero attached hydrogens (tertiary/aromatic N) is 1. The van der Waals surface area contributed by atoms with Crippen LogP contribution in [0.2, 0.25) is 0 Å². The lowest BCUT2D eigenvalue weighted by molar-refractivity contribution is -0.153. The number of aliphatic carboxylic acids is 1. The Morgan fingerprint density at radius 1 is 0.971 bits per heavy atom. The van der Waals surface area contributed by atoms with Gasteiger partial charge in [0.05, 0.1) is 6.54 Å². The number of carboxylic acid groups (broad SMARTS) is 1. The Balaban J connectivity index is 3.07. The van der Waals surface area contributed by atoms with Gasteiger partial charge in [-0.3, -0.25) is 9.59 Å². The lowest BCUT2D eigenvalue weighted by Gasteiger charge is -2.38. The van der Waals surface area contributed by atoms with Crippen LogP contribution in [0.4, 0.5) is 0 Å². The smallest absolute Gasteiger partial charge is 0.338 e. The number of amides is 1. The Morgan fingerprint density at radius 3 is 2.03 bits per heavy atom. The standard InChI is InChI=1S/C27H38N2O4S/c1-20(2)10-8-11-21(3)12-9-13-22(4)16-17-29(24(30)18-28)27(19-34,26(32)33)25(31)23-14-6-5-7-15-23/h5-7,10,12,14-16,34H,8-9,11,13,17-19,28H2,1-4H3,(H,32,33)/t27-/m1/s1. The molecule has 7 heteroatoms. The Hall–Kier alpha value is -2.64. The maximum atomic E-state index is 13.3. The average Bonchev–Trinajstić information content (AvgIpc) is 2.81. The SMILES string of the molecule is CC(C)=CCCC(C)=CCCC(C)=CCN(C(=O)CN)[C@@](CS)(C(=O)O)C(=O)c1ccccc1. The number of hydrogen-bond acceptors (Lipinski definition) is 5. The molecule has 0 saturated carbocycles.